The molecule has 0 fully saturated rings. The molecule has 0 aliphatic heterocycles. The molecule has 0 unspecified atom stereocenters. The molecule has 96 valence electrons. The molecule has 0 spiro atoms. The Morgan fingerprint density at radius 1 is 1.39 bits per heavy atom. The number of carbonyl (C=O) groups excluding carboxylic acids is 2. The maximum Gasteiger partial charge on any atom is 0.285 e. The lowest BCUT2D eigenvalue weighted by Gasteiger charge is -2.06. The van der Waals surface area contributed by atoms with Gasteiger partial charge in [-0.3, -0.25) is 39.9 Å². The van der Waals surface area contributed by atoms with Crippen LogP contribution in [0.2, 0.25) is 0 Å². The first kappa shape index (κ1) is 13.4. The summed E-state index contributed by atoms with van der Waals surface area (Å²) >= 11 is 0. The Kier molecular flexibility index (Phi) is 4.13. The standard InChI is InChI=1S/C9H10N4O5/c1-6(14)10-11-8(15)5-12-4-7(13(17)18)2-3-9(12)16/h2-4H,5H2,1H3,(H,10,14)(H,11,15). The zero-order chi connectivity index (χ0) is 13.7. The van der Waals surface area contributed by atoms with Crippen molar-refractivity contribution < 1.29 is 14.5 Å². The van der Waals surface area contributed by atoms with Gasteiger partial charge < -0.3 is 0 Å². The summed E-state index contributed by atoms with van der Waals surface area (Å²) in [7, 11) is 0. The minimum atomic E-state index is -0.679. The Hall–Kier alpha value is -2.71. The predicted molar refractivity (Wildman–Crippen MR) is 59.3 cm³/mol. The number of aromatic nitrogens is 1. The van der Waals surface area contributed by atoms with Crippen LogP contribution in [-0.4, -0.2) is 21.3 Å². The quantitative estimate of drug-likeness (QED) is 0.524. The number of carbonyl (C=O) groups is 2. The molecule has 9 heteroatoms. The number of nitrogens with zero attached hydrogens (tertiary/aromatic N) is 2. The molecule has 0 aliphatic rings. The second-order valence-corrected chi connectivity index (χ2v) is 3.34. The highest BCUT2D eigenvalue weighted by atomic mass is 16.6. The van der Waals surface area contributed by atoms with Gasteiger partial charge in [0.2, 0.25) is 5.91 Å². The topological polar surface area (TPSA) is 123 Å². The maximum atomic E-state index is 11.3. The van der Waals surface area contributed by atoms with E-state index in [1.165, 1.54) is 6.92 Å². The number of nitrogens with one attached hydrogen (secondary N) is 2. The minimum Gasteiger partial charge on any atom is -0.299 e. The van der Waals surface area contributed by atoms with Gasteiger partial charge in [0.1, 0.15) is 6.54 Å². The van der Waals surface area contributed by atoms with Gasteiger partial charge in [0.25, 0.3) is 17.2 Å². The van der Waals surface area contributed by atoms with E-state index in [1.54, 1.807) is 0 Å². The van der Waals surface area contributed by atoms with E-state index in [2.05, 4.69) is 0 Å². The van der Waals surface area contributed by atoms with Gasteiger partial charge in [-0.05, 0) is 0 Å². The van der Waals surface area contributed by atoms with Crippen LogP contribution in [0, 0.1) is 10.1 Å². The van der Waals surface area contributed by atoms with E-state index in [9.17, 15) is 24.5 Å². The fraction of sp³-hybridized carbons (Fsp3) is 0.222. The summed E-state index contributed by atoms with van der Waals surface area (Å²) in [4.78, 5) is 43.0. The molecule has 1 aromatic heterocycles. The van der Waals surface area contributed by atoms with E-state index in [4.69, 9.17) is 0 Å². The number of pyridine rings is 1. The molecule has 1 rings (SSSR count). The molecule has 1 heterocycles. The Morgan fingerprint density at radius 3 is 2.61 bits per heavy atom. The zero-order valence-electron chi connectivity index (χ0n) is 9.37. The summed E-state index contributed by atoms with van der Waals surface area (Å²) in [5.74, 6) is -1.15. The molecular weight excluding hydrogens is 244 g/mol. The lowest BCUT2D eigenvalue weighted by molar-refractivity contribution is -0.385. The molecule has 2 amide bonds. The molecule has 0 bridgehead atoms. The summed E-state index contributed by atoms with van der Waals surface area (Å²) < 4.78 is 0.870. The third-order valence-electron chi connectivity index (χ3n) is 1.87. The van der Waals surface area contributed by atoms with Gasteiger partial charge in [0.15, 0.2) is 0 Å². The third-order valence-corrected chi connectivity index (χ3v) is 1.87. The Morgan fingerprint density at radius 2 is 2.06 bits per heavy atom. The third kappa shape index (κ3) is 3.70. The molecular formula is C9H10N4O5. The Balaban J connectivity index is 2.80. The molecule has 0 aliphatic carbocycles. The first-order valence-electron chi connectivity index (χ1n) is 4.80. The van der Waals surface area contributed by atoms with Crippen molar-refractivity contribution in [2.24, 2.45) is 0 Å². The zero-order valence-corrected chi connectivity index (χ0v) is 9.37. The monoisotopic (exact) mass is 254 g/mol. The molecule has 0 atom stereocenters. The highest BCUT2D eigenvalue weighted by Crippen LogP contribution is 2.05. The number of amides is 2. The van der Waals surface area contributed by atoms with Crippen molar-refractivity contribution in [1.29, 1.82) is 0 Å². The Labute approximate surface area is 101 Å². The second kappa shape index (κ2) is 5.57. The summed E-state index contributed by atoms with van der Waals surface area (Å²) in [6.45, 7) is 0.764. The molecule has 9 nitrogen and oxygen atoms in total. The highest BCUT2D eigenvalue weighted by molar-refractivity contribution is 5.80. The van der Waals surface area contributed by atoms with Crippen LogP contribution >= 0.6 is 0 Å². The van der Waals surface area contributed by atoms with Crippen molar-refractivity contribution in [2.75, 3.05) is 0 Å². The van der Waals surface area contributed by atoms with Gasteiger partial charge in [-0.1, -0.05) is 0 Å². The fourth-order valence-corrected chi connectivity index (χ4v) is 1.10. The van der Waals surface area contributed by atoms with Crippen LogP contribution < -0.4 is 16.4 Å². The SMILES string of the molecule is CC(=O)NNC(=O)Cn1cc([N+](=O)[O-])ccc1=O. The molecule has 18 heavy (non-hydrogen) atoms. The van der Waals surface area contributed by atoms with E-state index < -0.39 is 28.8 Å². The van der Waals surface area contributed by atoms with Crippen LogP contribution in [-0.2, 0) is 16.1 Å². The van der Waals surface area contributed by atoms with Gasteiger partial charge in [-0.15, -0.1) is 0 Å². The van der Waals surface area contributed by atoms with Crippen molar-refractivity contribution in [2.45, 2.75) is 13.5 Å². The number of rotatable bonds is 3. The van der Waals surface area contributed by atoms with Gasteiger partial charge in [0.05, 0.1) is 11.1 Å². The van der Waals surface area contributed by atoms with Gasteiger partial charge in [0, 0.05) is 19.1 Å². The van der Waals surface area contributed by atoms with Gasteiger partial charge in [-0.2, -0.15) is 0 Å². The average Bonchev–Trinajstić information content (AvgIpc) is 2.29. The molecule has 0 saturated heterocycles. The van der Waals surface area contributed by atoms with E-state index in [0.717, 1.165) is 22.9 Å². The largest absolute Gasteiger partial charge is 0.299 e. The number of hydrogen-bond acceptors (Lipinski definition) is 5. The highest BCUT2D eigenvalue weighted by Gasteiger charge is 2.10. The van der Waals surface area contributed by atoms with Crippen molar-refractivity contribution in [3.63, 3.8) is 0 Å². The van der Waals surface area contributed by atoms with Crippen LogP contribution in [0.3, 0.4) is 0 Å². The first-order valence-corrected chi connectivity index (χ1v) is 4.80. The second-order valence-electron chi connectivity index (χ2n) is 3.34. The average molecular weight is 254 g/mol. The van der Waals surface area contributed by atoms with Gasteiger partial charge >= 0.3 is 0 Å². The first-order chi connectivity index (χ1) is 8.40. The van der Waals surface area contributed by atoms with Gasteiger partial charge in [-0.25, -0.2) is 0 Å². The summed E-state index contributed by atoms with van der Waals surface area (Å²) in [6.07, 6.45) is 0.954. The minimum absolute atomic E-state index is 0.304. The van der Waals surface area contributed by atoms with E-state index in [1.807, 2.05) is 10.9 Å². The molecule has 2 N–H and O–H groups in total. The van der Waals surface area contributed by atoms with Crippen LogP contribution in [0.15, 0.2) is 23.1 Å². The summed E-state index contributed by atoms with van der Waals surface area (Å²) in [5, 5.41) is 10.5. The van der Waals surface area contributed by atoms with Crippen LogP contribution in [0.1, 0.15) is 6.92 Å². The van der Waals surface area contributed by atoms with Crippen LogP contribution in [0.4, 0.5) is 5.69 Å². The number of nitro groups is 1. The maximum absolute atomic E-state index is 11.3. The molecule has 0 saturated carbocycles. The Bertz CT molecular complexity index is 550. The van der Waals surface area contributed by atoms with Crippen molar-refractivity contribution >= 4 is 17.5 Å². The van der Waals surface area contributed by atoms with Crippen molar-refractivity contribution in [3.8, 4) is 0 Å². The van der Waals surface area contributed by atoms with Crippen LogP contribution in [0.25, 0.3) is 0 Å². The molecule has 1 aromatic rings. The summed E-state index contributed by atoms with van der Waals surface area (Å²) in [6, 6.07) is 2.04. The van der Waals surface area contributed by atoms with E-state index >= 15 is 0 Å². The van der Waals surface area contributed by atoms with Crippen molar-refractivity contribution in [3.05, 3.63) is 38.8 Å². The predicted octanol–water partition coefficient (Wildman–Crippen LogP) is -1.08. The molecule has 0 aromatic carbocycles. The molecule has 0 radical (unpaired) electrons. The lowest BCUT2D eigenvalue weighted by atomic mass is 10.4. The van der Waals surface area contributed by atoms with Crippen molar-refractivity contribution in [1.82, 2.24) is 15.4 Å². The fourth-order valence-electron chi connectivity index (χ4n) is 1.10. The van der Waals surface area contributed by atoms with E-state index in [-0.39, 0.29) is 5.69 Å². The van der Waals surface area contributed by atoms with E-state index in [0.29, 0.717) is 0 Å². The smallest absolute Gasteiger partial charge is 0.285 e. The van der Waals surface area contributed by atoms with Crippen LogP contribution in [0.5, 0.6) is 0 Å². The normalized spacial score (nSPS) is 9.61. The number of hydrazine groups is 1. The lowest BCUT2D eigenvalue weighted by Crippen LogP contribution is -2.43. The summed E-state index contributed by atoms with van der Waals surface area (Å²) in [5.41, 5.74) is 3.21. The number of hydrogen-bond donors (Lipinski definition) is 2.